The summed E-state index contributed by atoms with van der Waals surface area (Å²) in [7, 11) is 0. The fraction of sp³-hybridized carbons (Fsp3) is 0.647. The highest BCUT2D eigenvalue weighted by atomic mass is 79.9. The lowest BCUT2D eigenvalue weighted by Gasteiger charge is -2.41. The van der Waals surface area contributed by atoms with Crippen LogP contribution in [0.4, 0.5) is 20.7 Å². The molecule has 8 heteroatoms. The topological polar surface area (TPSA) is 48.9 Å². The number of amides is 1. The van der Waals surface area contributed by atoms with Crippen molar-refractivity contribution in [3.05, 3.63) is 16.7 Å². The van der Waals surface area contributed by atoms with E-state index in [0.717, 1.165) is 16.0 Å². The minimum atomic E-state index is -0.768. The van der Waals surface area contributed by atoms with E-state index < -0.39 is 11.8 Å². The van der Waals surface area contributed by atoms with Crippen molar-refractivity contribution < 1.29 is 13.9 Å². The first kappa shape index (κ1) is 18.2. The summed E-state index contributed by atoms with van der Waals surface area (Å²) >= 11 is 3.44. The Kier molecular flexibility index (Phi) is 5.09. The number of ether oxygens (including phenoxy) is 1. The highest BCUT2D eigenvalue weighted by molar-refractivity contribution is 9.10. The van der Waals surface area contributed by atoms with Crippen LogP contribution in [0, 0.1) is 0 Å². The molecule has 0 N–H and O–H groups in total. The molecule has 2 aliphatic rings. The van der Waals surface area contributed by atoms with Crippen LogP contribution in [0.3, 0.4) is 0 Å². The number of pyridine rings is 1. The van der Waals surface area contributed by atoms with Gasteiger partial charge in [-0.1, -0.05) is 0 Å². The summed E-state index contributed by atoms with van der Waals surface area (Å²) < 4.78 is 19.6. The van der Waals surface area contributed by atoms with Gasteiger partial charge in [0.1, 0.15) is 11.8 Å². The summed E-state index contributed by atoms with van der Waals surface area (Å²) in [5.74, 6) is 0.846. The van der Waals surface area contributed by atoms with Gasteiger partial charge in [-0.25, -0.2) is 14.2 Å². The van der Waals surface area contributed by atoms with Crippen molar-refractivity contribution in [3.8, 4) is 0 Å². The lowest BCUT2D eigenvalue weighted by Crippen LogP contribution is -2.52. The van der Waals surface area contributed by atoms with E-state index >= 15 is 0 Å². The molecule has 0 radical (unpaired) electrons. The van der Waals surface area contributed by atoms with E-state index in [1.54, 1.807) is 11.1 Å². The van der Waals surface area contributed by atoms with Crippen molar-refractivity contribution in [1.29, 1.82) is 0 Å². The fourth-order valence-electron chi connectivity index (χ4n) is 2.95. The van der Waals surface area contributed by atoms with Gasteiger partial charge in [-0.3, -0.25) is 0 Å². The van der Waals surface area contributed by atoms with Gasteiger partial charge in [0.2, 0.25) is 0 Å². The minimum absolute atomic E-state index is 0.279. The number of carbonyl (C=O) groups is 1. The maximum absolute atomic E-state index is 13.3. The Labute approximate surface area is 156 Å². The first-order valence-corrected chi connectivity index (χ1v) is 9.30. The number of rotatable bonds is 2. The molecule has 0 saturated carbocycles. The molecule has 1 aromatic rings. The number of anilines is 2. The Hall–Kier alpha value is -1.57. The molecule has 3 heterocycles. The van der Waals surface area contributed by atoms with E-state index in [4.69, 9.17) is 4.74 Å². The summed E-state index contributed by atoms with van der Waals surface area (Å²) in [5, 5.41) is 0. The van der Waals surface area contributed by atoms with E-state index in [0.29, 0.717) is 39.3 Å². The first-order chi connectivity index (χ1) is 11.7. The monoisotopic (exact) mass is 414 g/mol. The van der Waals surface area contributed by atoms with E-state index in [1.165, 1.54) is 0 Å². The predicted octanol–water partition coefficient (Wildman–Crippen LogP) is 3.06. The Morgan fingerprint density at radius 3 is 2.44 bits per heavy atom. The van der Waals surface area contributed by atoms with Crippen LogP contribution in [0.2, 0.25) is 0 Å². The molecule has 1 aromatic heterocycles. The van der Waals surface area contributed by atoms with Crippen molar-refractivity contribution in [3.63, 3.8) is 0 Å². The molecule has 2 aliphatic heterocycles. The lowest BCUT2D eigenvalue weighted by atomic mass is 10.1. The Balaban J connectivity index is 1.66. The largest absolute Gasteiger partial charge is 0.444 e. The molecule has 0 aliphatic carbocycles. The SMILES string of the molecule is CC(C)(C)OC(=O)N1CCN(c2ncc(Br)cc2N2CC(F)C2)CC1. The van der Waals surface area contributed by atoms with Crippen molar-refractivity contribution >= 4 is 33.5 Å². The first-order valence-electron chi connectivity index (χ1n) is 8.50. The average Bonchev–Trinajstić information content (AvgIpc) is 2.50. The average molecular weight is 415 g/mol. The fourth-order valence-corrected chi connectivity index (χ4v) is 3.27. The van der Waals surface area contributed by atoms with E-state index in [9.17, 15) is 9.18 Å². The van der Waals surface area contributed by atoms with E-state index in [1.807, 2.05) is 31.7 Å². The van der Waals surface area contributed by atoms with Gasteiger partial charge < -0.3 is 19.4 Å². The van der Waals surface area contributed by atoms with Crippen LogP contribution in [0.5, 0.6) is 0 Å². The Morgan fingerprint density at radius 1 is 1.24 bits per heavy atom. The smallest absolute Gasteiger partial charge is 0.410 e. The summed E-state index contributed by atoms with van der Waals surface area (Å²) in [6, 6.07) is 1.98. The van der Waals surface area contributed by atoms with Gasteiger partial charge in [0.25, 0.3) is 0 Å². The third-order valence-electron chi connectivity index (χ3n) is 4.22. The Bertz CT molecular complexity index is 638. The zero-order valence-corrected chi connectivity index (χ0v) is 16.4. The zero-order chi connectivity index (χ0) is 18.2. The normalized spacial score (nSPS) is 19.0. The van der Waals surface area contributed by atoms with Crippen molar-refractivity contribution in [1.82, 2.24) is 9.88 Å². The quantitative estimate of drug-likeness (QED) is 0.743. The second kappa shape index (κ2) is 6.97. The number of aromatic nitrogens is 1. The molecule has 2 saturated heterocycles. The Morgan fingerprint density at radius 2 is 1.88 bits per heavy atom. The summed E-state index contributed by atoms with van der Waals surface area (Å²) in [5.41, 5.74) is 0.448. The number of piperazine rings is 1. The van der Waals surface area contributed by atoms with Crippen LogP contribution in [0.15, 0.2) is 16.7 Å². The standard InChI is InChI=1S/C17H24BrFN4O2/c1-17(2,3)25-16(24)22-6-4-21(5-7-22)15-14(8-12(18)9-20-15)23-10-13(19)11-23/h8-9,13H,4-7,10-11H2,1-3H3. The number of nitrogens with zero attached hydrogens (tertiary/aromatic N) is 4. The molecule has 0 atom stereocenters. The van der Waals surface area contributed by atoms with Gasteiger partial charge in [-0.2, -0.15) is 0 Å². The van der Waals surface area contributed by atoms with Crippen LogP contribution in [-0.2, 0) is 4.74 Å². The number of alkyl halides is 1. The van der Waals surface area contributed by atoms with Crippen LogP contribution in [-0.4, -0.2) is 67.0 Å². The summed E-state index contributed by atoms with van der Waals surface area (Å²) in [4.78, 5) is 22.6. The number of carbonyl (C=O) groups excluding carboxylic acids is 1. The third-order valence-corrected chi connectivity index (χ3v) is 4.66. The lowest BCUT2D eigenvalue weighted by molar-refractivity contribution is 0.0240. The van der Waals surface area contributed by atoms with Crippen LogP contribution >= 0.6 is 15.9 Å². The maximum Gasteiger partial charge on any atom is 0.410 e. The van der Waals surface area contributed by atoms with Gasteiger partial charge in [0, 0.05) is 36.8 Å². The highest BCUT2D eigenvalue weighted by Gasteiger charge is 2.32. The summed E-state index contributed by atoms with van der Waals surface area (Å²) in [6.07, 6.45) is 0.709. The van der Waals surface area contributed by atoms with Gasteiger partial charge in [-0.05, 0) is 42.8 Å². The molecule has 1 amide bonds. The maximum atomic E-state index is 13.3. The molecule has 0 bridgehead atoms. The second-order valence-electron chi connectivity index (χ2n) is 7.45. The van der Waals surface area contributed by atoms with Gasteiger partial charge in [-0.15, -0.1) is 0 Å². The number of hydrogen-bond acceptors (Lipinski definition) is 5. The third kappa shape index (κ3) is 4.34. The molecule has 0 aromatic carbocycles. The van der Waals surface area contributed by atoms with E-state index in [-0.39, 0.29) is 6.09 Å². The molecule has 6 nitrogen and oxygen atoms in total. The van der Waals surface area contributed by atoms with Crippen LogP contribution < -0.4 is 9.80 Å². The highest BCUT2D eigenvalue weighted by Crippen LogP contribution is 2.34. The van der Waals surface area contributed by atoms with Crippen molar-refractivity contribution in [2.75, 3.05) is 49.1 Å². The predicted molar refractivity (Wildman–Crippen MR) is 99.1 cm³/mol. The second-order valence-corrected chi connectivity index (χ2v) is 8.37. The van der Waals surface area contributed by atoms with Crippen LogP contribution in [0.25, 0.3) is 0 Å². The molecule has 25 heavy (non-hydrogen) atoms. The van der Waals surface area contributed by atoms with Crippen molar-refractivity contribution in [2.24, 2.45) is 0 Å². The molecule has 2 fully saturated rings. The van der Waals surface area contributed by atoms with E-state index in [2.05, 4.69) is 25.8 Å². The van der Waals surface area contributed by atoms with Crippen molar-refractivity contribution in [2.45, 2.75) is 32.5 Å². The molecule has 138 valence electrons. The molecule has 0 unspecified atom stereocenters. The molecular formula is C17H24BrFN4O2. The molecule has 3 rings (SSSR count). The molecular weight excluding hydrogens is 391 g/mol. The zero-order valence-electron chi connectivity index (χ0n) is 14.8. The van der Waals surface area contributed by atoms with Gasteiger partial charge in [0.05, 0.1) is 18.8 Å². The minimum Gasteiger partial charge on any atom is -0.444 e. The van der Waals surface area contributed by atoms with Gasteiger partial charge >= 0.3 is 6.09 Å². The van der Waals surface area contributed by atoms with Gasteiger partial charge in [0.15, 0.2) is 5.82 Å². The number of hydrogen-bond donors (Lipinski definition) is 0. The number of halogens is 2. The molecule has 0 spiro atoms. The van der Waals surface area contributed by atoms with Crippen LogP contribution in [0.1, 0.15) is 20.8 Å². The summed E-state index contributed by atoms with van der Waals surface area (Å²) in [6.45, 7) is 8.92.